The van der Waals surface area contributed by atoms with Gasteiger partial charge >= 0.3 is 0 Å². The van der Waals surface area contributed by atoms with Crippen molar-refractivity contribution in [3.05, 3.63) is 22.4 Å². The number of rotatable bonds is 1. The summed E-state index contributed by atoms with van der Waals surface area (Å²) in [6, 6.07) is 3.77. The Morgan fingerprint density at radius 3 is 3.25 bits per heavy atom. The number of oxime groups is 1. The molecule has 0 spiro atoms. The summed E-state index contributed by atoms with van der Waals surface area (Å²) in [5.74, 6) is 0.342. The molecule has 2 heterocycles. The Labute approximate surface area is 72.8 Å². The highest BCUT2D eigenvalue weighted by atomic mass is 32.1. The van der Waals surface area contributed by atoms with Crippen LogP contribution in [-0.2, 0) is 9.63 Å². The van der Waals surface area contributed by atoms with Crippen molar-refractivity contribution in [1.29, 1.82) is 0 Å². The first kappa shape index (κ1) is 7.30. The van der Waals surface area contributed by atoms with Gasteiger partial charge < -0.3 is 10.2 Å². The summed E-state index contributed by atoms with van der Waals surface area (Å²) in [7, 11) is 0. The van der Waals surface area contributed by atoms with Gasteiger partial charge in [0.05, 0.1) is 4.88 Å². The second kappa shape index (κ2) is 2.94. The van der Waals surface area contributed by atoms with Crippen molar-refractivity contribution in [2.75, 3.05) is 6.61 Å². The van der Waals surface area contributed by atoms with Crippen LogP contribution in [0.15, 0.2) is 22.7 Å². The standard InChI is InChI=1S/C7H6N2O2S/c10-6-4-11-9-7(8-6)5-2-1-3-12-5/h1-3H,4H2,(H,8,9,10). The highest BCUT2D eigenvalue weighted by Crippen LogP contribution is 2.10. The Morgan fingerprint density at radius 1 is 1.67 bits per heavy atom. The minimum Gasteiger partial charge on any atom is -0.384 e. The van der Waals surface area contributed by atoms with Crippen LogP contribution in [0.1, 0.15) is 4.88 Å². The van der Waals surface area contributed by atoms with Gasteiger partial charge in [0.25, 0.3) is 5.91 Å². The van der Waals surface area contributed by atoms with E-state index in [1.807, 2.05) is 17.5 Å². The maximum Gasteiger partial charge on any atom is 0.266 e. The molecule has 0 fully saturated rings. The zero-order chi connectivity index (χ0) is 8.39. The summed E-state index contributed by atoms with van der Waals surface area (Å²) in [6.45, 7) is 0.00880. The second-order valence-corrected chi connectivity index (χ2v) is 3.19. The van der Waals surface area contributed by atoms with E-state index in [2.05, 4.69) is 10.5 Å². The molecule has 12 heavy (non-hydrogen) atoms. The molecule has 62 valence electrons. The predicted molar refractivity (Wildman–Crippen MR) is 45.0 cm³/mol. The third kappa shape index (κ3) is 1.31. The Kier molecular flexibility index (Phi) is 1.79. The molecule has 0 bridgehead atoms. The van der Waals surface area contributed by atoms with Crippen molar-refractivity contribution in [1.82, 2.24) is 5.32 Å². The molecule has 4 nitrogen and oxygen atoms in total. The van der Waals surface area contributed by atoms with E-state index in [0.717, 1.165) is 4.88 Å². The number of carbonyl (C=O) groups excluding carboxylic acids is 1. The first-order chi connectivity index (χ1) is 5.86. The number of hydrogen-bond acceptors (Lipinski definition) is 4. The van der Waals surface area contributed by atoms with Gasteiger partial charge in [-0.25, -0.2) is 0 Å². The van der Waals surface area contributed by atoms with Crippen molar-refractivity contribution in [2.24, 2.45) is 5.16 Å². The predicted octanol–water partition coefficient (Wildman–Crippen LogP) is 0.556. The van der Waals surface area contributed by atoms with Crippen LogP contribution in [0.4, 0.5) is 0 Å². The molecule has 1 aromatic heterocycles. The molecule has 1 aliphatic heterocycles. The number of thiophene rings is 1. The Bertz CT molecular complexity index is 318. The van der Waals surface area contributed by atoms with Crippen LogP contribution in [0, 0.1) is 0 Å². The summed E-state index contributed by atoms with van der Waals surface area (Å²) in [4.78, 5) is 16.5. The van der Waals surface area contributed by atoms with Gasteiger partial charge in [-0.2, -0.15) is 0 Å². The molecule has 0 aliphatic carbocycles. The molecule has 5 heteroatoms. The van der Waals surface area contributed by atoms with E-state index in [0.29, 0.717) is 5.84 Å². The molecule has 1 aromatic rings. The number of amidine groups is 1. The lowest BCUT2D eigenvalue weighted by Crippen LogP contribution is -2.37. The van der Waals surface area contributed by atoms with Gasteiger partial charge in [0, 0.05) is 0 Å². The number of amides is 1. The highest BCUT2D eigenvalue weighted by molar-refractivity contribution is 7.12. The van der Waals surface area contributed by atoms with Crippen LogP contribution in [0.25, 0.3) is 0 Å². The second-order valence-electron chi connectivity index (χ2n) is 2.24. The van der Waals surface area contributed by atoms with Crippen LogP contribution in [0.5, 0.6) is 0 Å². The van der Waals surface area contributed by atoms with E-state index in [1.54, 1.807) is 0 Å². The number of nitrogens with zero attached hydrogens (tertiary/aromatic N) is 1. The Morgan fingerprint density at radius 2 is 2.58 bits per heavy atom. The molecule has 1 aliphatic rings. The maximum atomic E-state index is 10.9. The van der Waals surface area contributed by atoms with Gasteiger partial charge in [0.2, 0.25) is 0 Å². The molecule has 0 atom stereocenters. The Hall–Kier alpha value is -1.36. The van der Waals surface area contributed by atoms with Crippen molar-refractivity contribution >= 4 is 23.1 Å². The zero-order valence-corrected chi connectivity index (χ0v) is 6.93. The van der Waals surface area contributed by atoms with Gasteiger partial charge in [-0.15, -0.1) is 11.3 Å². The smallest absolute Gasteiger partial charge is 0.266 e. The van der Waals surface area contributed by atoms with Gasteiger partial charge in [-0.1, -0.05) is 11.2 Å². The van der Waals surface area contributed by atoms with Crippen molar-refractivity contribution in [3.8, 4) is 0 Å². The third-order valence-corrected chi connectivity index (χ3v) is 2.24. The van der Waals surface area contributed by atoms with Gasteiger partial charge in [-0.3, -0.25) is 4.79 Å². The molecular weight excluding hydrogens is 176 g/mol. The van der Waals surface area contributed by atoms with E-state index < -0.39 is 0 Å². The SMILES string of the molecule is O=C1CON=C(c2cccs2)N1. The van der Waals surface area contributed by atoms with Gasteiger partial charge in [0.1, 0.15) is 0 Å². The van der Waals surface area contributed by atoms with Crippen LogP contribution in [0.2, 0.25) is 0 Å². The average Bonchev–Trinajstić information content (AvgIpc) is 2.56. The maximum absolute atomic E-state index is 10.9. The molecule has 0 saturated heterocycles. The fourth-order valence-electron chi connectivity index (χ4n) is 0.866. The average molecular weight is 182 g/mol. The normalized spacial score (nSPS) is 16.3. The van der Waals surface area contributed by atoms with E-state index in [-0.39, 0.29) is 12.5 Å². The van der Waals surface area contributed by atoms with E-state index in [9.17, 15) is 4.79 Å². The summed E-state index contributed by atoms with van der Waals surface area (Å²) in [6.07, 6.45) is 0. The number of nitrogens with one attached hydrogen (secondary N) is 1. The Balaban J connectivity index is 2.24. The summed E-state index contributed by atoms with van der Waals surface area (Å²) in [5, 5.41) is 8.25. The lowest BCUT2D eigenvalue weighted by molar-refractivity contribution is -0.125. The van der Waals surface area contributed by atoms with Gasteiger partial charge in [-0.05, 0) is 11.4 Å². The topological polar surface area (TPSA) is 50.7 Å². The van der Waals surface area contributed by atoms with Crippen molar-refractivity contribution in [2.45, 2.75) is 0 Å². The molecule has 2 rings (SSSR count). The lowest BCUT2D eigenvalue weighted by atomic mass is 10.4. The fraction of sp³-hybridized carbons (Fsp3) is 0.143. The molecule has 1 N–H and O–H groups in total. The summed E-state index contributed by atoms with van der Waals surface area (Å²) >= 11 is 1.51. The van der Waals surface area contributed by atoms with E-state index in [1.165, 1.54) is 11.3 Å². The third-order valence-electron chi connectivity index (χ3n) is 1.36. The van der Waals surface area contributed by atoms with Gasteiger partial charge in [0.15, 0.2) is 12.4 Å². The molecule has 0 saturated carbocycles. The molecule has 1 amide bonds. The number of carbonyl (C=O) groups is 1. The number of hydrogen-bond donors (Lipinski definition) is 1. The van der Waals surface area contributed by atoms with Crippen LogP contribution >= 0.6 is 11.3 Å². The van der Waals surface area contributed by atoms with Crippen LogP contribution < -0.4 is 5.32 Å². The monoisotopic (exact) mass is 182 g/mol. The molecule has 0 radical (unpaired) electrons. The zero-order valence-electron chi connectivity index (χ0n) is 6.11. The first-order valence-electron chi connectivity index (χ1n) is 3.40. The van der Waals surface area contributed by atoms with Crippen LogP contribution in [-0.4, -0.2) is 18.3 Å². The minimum atomic E-state index is -0.159. The van der Waals surface area contributed by atoms with E-state index >= 15 is 0 Å². The molecule has 0 unspecified atom stereocenters. The van der Waals surface area contributed by atoms with Crippen molar-refractivity contribution in [3.63, 3.8) is 0 Å². The largest absolute Gasteiger partial charge is 0.384 e. The molecular formula is C7H6N2O2S. The first-order valence-corrected chi connectivity index (χ1v) is 4.28. The fourth-order valence-corrected chi connectivity index (χ4v) is 1.53. The van der Waals surface area contributed by atoms with E-state index in [4.69, 9.17) is 4.84 Å². The van der Waals surface area contributed by atoms with Crippen molar-refractivity contribution < 1.29 is 9.63 Å². The lowest BCUT2D eigenvalue weighted by Gasteiger charge is -2.10. The van der Waals surface area contributed by atoms with Crippen LogP contribution in [0.3, 0.4) is 0 Å². The summed E-state index contributed by atoms with van der Waals surface area (Å²) in [5.41, 5.74) is 0. The minimum absolute atomic E-state index is 0.00880. The molecule has 0 aromatic carbocycles. The quantitative estimate of drug-likeness (QED) is 0.689. The highest BCUT2D eigenvalue weighted by Gasteiger charge is 2.14. The summed E-state index contributed by atoms with van der Waals surface area (Å²) < 4.78 is 0.